The van der Waals surface area contributed by atoms with Gasteiger partial charge in [0, 0.05) is 6.42 Å². The van der Waals surface area contributed by atoms with Gasteiger partial charge in [-0.05, 0) is 31.5 Å². The molecule has 0 aliphatic heterocycles. The molecule has 1 aromatic carbocycles. The van der Waals surface area contributed by atoms with Gasteiger partial charge in [-0.3, -0.25) is 4.79 Å². The summed E-state index contributed by atoms with van der Waals surface area (Å²) in [6.45, 7) is 5.50. The van der Waals surface area contributed by atoms with Crippen molar-refractivity contribution in [3.05, 3.63) is 35.6 Å². The molecule has 1 amide bonds. The van der Waals surface area contributed by atoms with Crippen molar-refractivity contribution in [2.75, 3.05) is 0 Å². The van der Waals surface area contributed by atoms with Crippen molar-refractivity contribution in [3.8, 4) is 0 Å². The lowest BCUT2D eigenvalue weighted by molar-refractivity contribution is -0.122. The second kappa shape index (κ2) is 4.43. The number of rotatable bonds is 3. The number of carbonyl (C=O) groups excluding carboxylic acids is 1. The third-order valence-corrected chi connectivity index (χ3v) is 2.32. The molecule has 1 N–H and O–H groups in total. The highest BCUT2D eigenvalue weighted by molar-refractivity contribution is 5.76. The summed E-state index contributed by atoms with van der Waals surface area (Å²) in [5.41, 5.74) is 0.235. The fraction of sp³-hybridized carbons (Fsp3) is 0.417. The molecule has 82 valence electrons. The summed E-state index contributed by atoms with van der Waals surface area (Å²) in [6, 6.07) is 6.28. The molecule has 0 spiro atoms. The maximum atomic E-state index is 13.0. The molecule has 0 fully saturated rings. The summed E-state index contributed by atoms with van der Waals surface area (Å²) in [5.74, 6) is -0.324. The van der Waals surface area contributed by atoms with E-state index >= 15 is 0 Å². The molecule has 1 rings (SSSR count). The van der Waals surface area contributed by atoms with E-state index in [2.05, 4.69) is 5.32 Å². The van der Waals surface area contributed by atoms with Gasteiger partial charge in [0.25, 0.3) is 0 Å². The SMILES string of the molecule is CCC(=O)NC(C)(C)c1cccc(F)c1. The monoisotopic (exact) mass is 209 g/mol. The van der Waals surface area contributed by atoms with Crippen LogP contribution in [0.5, 0.6) is 0 Å². The van der Waals surface area contributed by atoms with Crippen LogP contribution in [0.15, 0.2) is 24.3 Å². The predicted octanol–water partition coefficient (Wildman–Crippen LogP) is 2.59. The highest BCUT2D eigenvalue weighted by Gasteiger charge is 2.22. The molecule has 3 heteroatoms. The average molecular weight is 209 g/mol. The first-order valence-electron chi connectivity index (χ1n) is 5.03. The van der Waals surface area contributed by atoms with Gasteiger partial charge in [-0.15, -0.1) is 0 Å². The second-order valence-electron chi connectivity index (χ2n) is 4.04. The number of hydrogen-bond donors (Lipinski definition) is 1. The smallest absolute Gasteiger partial charge is 0.220 e. The quantitative estimate of drug-likeness (QED) is 0.814. The standard InChI is InChI=1S/C12H16FNO/c1-4-11(15)14-12(2,3)9-6-5-7-10(13)8-9/h5-8H,4H2,1-3H3,(H,14,15). The Balaban J connectivity index is 2.90. The molecule has 0 radical (unpaired) electrons. The van der Waals surface area contributed by atoms with Crippen LogP contribution in [-0.4, -0.2) is 5.91 Å². The predicted molar refractivity (Wildman–Crippen MR) is 57.9 cm³/mol. The first-order chi connectivity index (χ1) is 6.95. The van der Waals surface area contributed by atoms with Crippen LogP contribution in [0.1, 0.15) is 32.8 Å². The van der Waals surface area contributed by atoms with E-state index < -0.39 is 5.54 Å². The average Bonchev–Trinajstić information content (AvgIpc) is 2.17. The Morgan fingerprint density at radius 1 is 1.47 bits per heavy atom. The molecule has 0 aromatic heterocycles. The molecule has 0 heterocycles. The first kappa shape index (κ1) is 11.7. The molecule has 0 bridgehead atoms. The third-order valence-electron chi connectivity index (χ3n) is 2.32. The van der Waals surface area contributed by atoms with Gasteiger partial charge in [-0.2, -0.15) is 0 Å². The Morgan fingerprint density at radius 3 is 2.67 bits per heavy atom. The van der Waals surface area contributed by atoms with Crippen molar-refractivity contribution in [1.82, 2.24) is 5.32 Å². The molecule has 0 saturated carbocycles. The zero-order valence-electron chi connectivity index (χ0n) is 9.30. The minimum atomic E-state index is -0.533. The molecule has 0 atom stereocenters. The number of carbonyl (C=O) groups is 1. The zero-order chi connectivity index (χ0) is 11.5. The lowest BCUT2D eigenvalue weighted by atomic mass is 9.94. The first-order valence-corrected chi connectivity index (χ1v) is 5.03. The minimum Gasteiger partial charge on any atom is -0.347 e. The summed E-state index contributed by atoms with van der Waals surface area (Å²) in [5, 5.41) is 2.84. The molecule has 0 aliphatic carbocycles. The number of hydrogen-bond acceptors (Lipinski definition) is 1. The van der Waals surface area contributed by atoms with Gasteiger partial charge < -0.3 is 5.32 Å². The number of nitrogens with one attached hydrogen (secondary N) is 1. The van der Waals surface area contributed by atoms with Crippen LogP contribution in [0.2, 0.25) is 0 Å². The van der Waals surface area contributed by atoms with Crippen LogP contribution in [0.3, 0.4) is 0 Å². The van der Waals surface area contributed by atoms with Gasteiger partial charge in [-0.1, -0.05) is 19.1 Å². The molecule has 1 aromatic rings. The van der Waals surface area contributed by atoms with Gasteiger partial charge in [0.05, 0.1) is 5.54 Å². The highest BCUT2D eigenvalue weighted by atomic mass is 19.1. The number of benzene rings is 1. The lowest BCUT2D eigenvalue weighted by Gasteiger charge is -2.26. The summed E-state index contributed by atoms with van der Waals surface area (Å²) in [4.78, 5) is 11.3. The van der Waals surface area contributed by atoms with Crippen molar-refractivity contribution in [3.63, 3.8) is 0 Å². The fourth-order valence-electron chi connectivity index (χ4n) is 1.39. The number of halogens is 1. The molecule has 0 unspecified atom stereocenters. The zero-order valence-corrected chi connectivity index (χ0v) is 9.30. The molecule has 0 saturated heterocycles. The molecule has 15 heavy (non-hydrogen) atoms. The normalized spacial score (nSPS) is 11.2. The molecular formula is C12H16FNO. The van der Waals surface area contributed by atoms with E-state index in [0.29, 0.717) is 6.42 Å². The van der Waals surface area contributed by atoms with Crippen LogP contribution in [0, 0.1) is 5.82 Å². The minimum absolute atomic E-state index is 0.0377. The maximum absolute atomic E-state index is 13.0. The van der Waals surface area contributed by atoms with E-state index in [1.165, 1.54) is 12.1 Å². The Bertz CT molecular complexity index is 360. The van der Waals surface area contributed by atoms with Crippen LogP contribution in [-0.2, 0) is 10.3 Å². The fourth-order valence-corrected chi connectivity index (χ4v) is 1.39. The van der Waals surface area contributed by atoms with Gasteiger partial charge in [0.2, 0.25) is 5.91 Å². The molecule has 2 nitrogen and oxygen atoms in total. The van der Waals surface area contributed by atoms with Crippen LogP contribution in [0.4, 0.5) is 4.39 Å². The summed E-state index contributed by atoms with van der Waals surface area (Å²) >= 11 is 0. The van der Waals surface area contributed by atoms with E-state index in [4.69, 9.17) is 0 Å². The third kappa shape index (κ3) is 3.05. The summed E-state index contributed by atoms with van der Waals surface area (Å²) in [7, 11) is 0. The van der Waals surface area contributed by atoms with Crippen molar-refractivity contribution < 1.29 is 9.18 Å². The van der Waals surface area contributed by atoms with E-state index in [-0.39, 0.29) is 11.7 Å². The van der Waals surface area contributed by atoms with E-state index in [0.717, 1.165) is 5.56 Å². The summed E-state index contributed by atoms with van der Waals surface area (Å²) < 4.78 is 13.0. The second-order valence-corrected chi connectivity index (χ2v) is 4.04. The highest BCUT2D eigenvalue weighted by Crippen LogP contribution is 2.20. The Hall–Kier alpha value is -1.38. The molecule has 0 aliphatic rings. The van der Waals surface area contributed by atoms with Crippen molar-refractivity contribution >= 4 is 5.91 Å². The van der Waals surface area contributed by atoms with E-state index in [9.17, 15) is 9.18 Å². The van der Waals surface area contributed by atoms with Crippen molar-refractivity contribution in [1.29, 1.82) is 0 Å². The van der Waals surface area contributed by atoms with Gasteiger partial charge in [-0.25, -0.2) is 4.39 Å². The van der Waals surface area contributed by atoms with Gasteiger partial charge in [0.15, 0.2) is 0 Å². The Labute approximate surface area is 89.5 Å². The Morgan fingerprint density at radius 2 is 2.13 bits per heavy atom. The Kier molecular flexibility index (Phi) is 3.45. The van der Waals surface area contributed by atoms with Crippen molar-refractivity contribution in [2.24, 2.45) is 0 Å². The summed E-state index contributed by atoms with van der Waals surface area (Å²) in [6.07, 6.45) is 0.429. The largest absolute Gasteiger partial charge is 0.347 e. The van der Waals surface area contributed by atoms with E-state index in [1.54, 1.807) is 19.1 Å². The number of amides is 1. The van der Waals surface area contributed by atoms with E-state index in [1.807, 2.05) is 13.8 Å². The lowest BCUT2D eigenvalue weighted by Crippen LogP contribution is -2.40. The van der Waals surface area contributed by atoms with Gasteiger partial charge >= 0.3 is 0 Å². The van der Waals surface area contributed by atoms with Crippen LogP contribution < -0.4 is 5.32 Å². The molecular weight excluding hydrogens is 193 g/mol. The topological polar surface area (TPSA) is 29.1 Å². The van der Waals surface area contributed by atoms with Crippen molar-refractivity contribution in [2.45, 2.75) is 32.7 Å². The maximum Gasteiger partial charge on any atom is 0.220 e. The van der Waals surface area contributed by atoms with Crippen LogP contribution >= 0.6 is 0 Å². The van der Waals surface area contributed by atoms with Crippen LogP contribution in [0.25, 0.3) is 0 Å². The van der Waals surface area contributed by atoms with Gasteiger partial charge in [0.1, 0.15) is 5.82 Å².